The van der Waals surface area contributed by atoms with Crippen molar-refractivity contribution in [3.05, 3.63) is 54.1 Å². The molecule has 3 heteroatoms. The predicted octanol–water partition coefficient (Wildman–Crippen LogP) is 3.13. The molecule has 2 heterocycles. The summed E-state index contributed by atoms with van der Waals surface area (Å²) in [5, 5.41) is 3.68. The van der Waals surface area contributed by atoms with Crippen molar-refractivity contribution in [3.63, 3.8) is 0 Å². The first-order valence-corrected chi connectivity index (χ1v) is 7.13. The third kappa shape index (κ3) is 2.87. The fourth-order valence-electron chi connectivity index (χ4n) is 2.90. The van der Waals surface area contributed by atoms with Crippen molar-refractivity contribution >= 4 is 0 Å². The van der Waals surface area contributed by atoms with E-state index < -0.39 is 0 Å². The van der Waals surface area contributed by atoms with Crippen molar-refractivity contribution in [3.8, 4) is 0 Å². The smallest absolute Gasteiger partial charge is 0.0951 e. The summed E-state index contributed by atoms with van der Waals surface area (Å²) in [5.74, 6) is 0. The van der Waals surface area contributed by atoms with E-state index in [9.17, 15) is 0 Å². The highest BCUT2D eigenvalue weighted by Crippen LogP contribution is 2.25. The van der Waals surface area contributed by atoms with Crippen LogP contribution in [0.1, 0.15) is 43.5 Å². The van der Waals surface area contributed by atoms with Gasteiger partial charge >= 0.3 is 0 Å². The molecule has 0 aliphatic carbocycles. The van der Waals surface area contributed by atoms with Gasteiger partial charge in [0.25, 0.3) is 0 Å². The summed E-state index contributed by atoms with van der Waals surface area (Å²) in [7, 11) is 0. The molecular weight excluding hydrogens is 234 g/mol. The SMILES string of the molecule is CC1CCCC(c2cncn2Cc2ccccc2)N1. The van der Waals surface area contributed by atoms with Crippen LogP contribution in [0.25, 0.3) is 0 Å². The van der Waals surface area contributed by atoms with Crippen molar-refractivity contribution in [2.24, 2.45) is 0 Å². The molecule has 2 atom stereocenters. The Hall–Kier alpha value is -1.61. The Morgan fingerprint density at radius 1 is 1.26 bits per heavy atom. The Bertz CT molecular complexity index is 518. The first-order valence-electron chi connectivity index (χ1n) is 7.13. The minimum atomic E-state index is 0.454. The third-order valence-corrected chi connectivity index (χ3v) is 3.91. The van der Waals surface area contributed by atoms with E-state index in [0.717, 1.165) is 6.54 Å². The van der Waals surface area contributed by atoms with Gasteiger partial charge < -0.3 is 9.88 Å². The Balaban J connectivity index is 1.78. The Labute approximate surface area is 114 Å². The average Bonchev–Trinajstić information content (AvgIpc) is 2.88. The van der Waals surface area contributed by atoms with Crippen LogP contribution in [0.15, 0.2) is 42.9 Å². The number of nitrogens with one attached hydrogen (secondary N) is 1. The molecule has 0 radical (unpaired) electrons. The number of aromatic nitrogens is 2. The van der Waals surface area contributed by atoms with Crippen molar-refractivity contribution < 1.29 is 0 Å². The summed E-state index contributed by atoms with van der Waals surface area (Å²) >= 11 is 0. The maximum atomic E-state index is 4.34. The van der Waals surface area contributed by atoms with Crippen LogP contribution in [-0.4, -0.2) is 15.6 Å². The molecule has 0 spiro atoms. The molecule has 1 saturated heterocycles. The van der Waals surface area contributed by atoms with Crippen LogP contribution in [0.3, 0.4) is 0 Å². The van der Waals surface area contributed by atoms with Gasteiger partial charge in [-0.3, -0.25) is 0 Å². The van der Waals surface area contributed by atoms with Crippen molar-refractivity contribution in [1.82, 2.24) is 14.9 Å². The molecule has 3 nitrogen and oxygen atoms in total. The summed E-state index contributed by atoms with van der Waals surface area (Å²) in [4.78, 5) is 4.34. The van der Waals surface area contributed by atoms with Gasteiger partial charge in [-0.2, -0.15) is 0 Å². The van der Waals surface area contributed by atoms with E-state index in [4.69, 9.17) is 0 Å². The fraction of sp³-hybridized carbons (Fsp3) is 0.438. The lowest BCUT2D eigenvalue weighted by atomic mass is 9.97. The molecule has 0 bridgehead atoms. The van der Waals surface area contributed by atoms with Crippen LogP contribution in [0.5, 0.6) is 0 Å². The van der Waals surface area contributed by atoms with E-state index in [-0.39, 0.29) is 0 Å². The molecule has 100 valence electrons. The van der Waals surface area contributed by atoms with Crippen LogP contribution < -0.4 is 5.32 Å². The maximum Gasteiger partial charge on any atom is 0.0951 e. The highest BCUT2D eigenvalue weighted by Gasteiger charge is 2.21. The molecule has 2 aromatic rings. The Kier molecular flexibility index (Phi) is 3.65. The molecule has 1 aliphatic heterocycles. The molecule has 0 amide bonds. The quantitative estimate of drug-likeness (QED) is 0.913. The molecule has 1 aliphatic rings. The van der Waals surface area contributed by atoms with E-state index in [1.165, 1.54) is 30.5 Å². The third-order valence-electron chi connectivity index (χ3n) is 3.91. The maximum absolute atomic E-state index is 4.34. The number of imidazole rings is 1. The second-order valence-corrected chi connectivity index (χ2v) is 5.48. The molecule has 0 saturated carbocycles. The van der Waals surface area contributed by atoms with Gasteiger partial charge in [0.05, 0.1) is 12.0 Å². The lowest BCUT2D eigenvalue weighted by Crippen LogP contribution is -2.35. The van der Waals surface area contributed by atoms with Crippen LogP contribution in [0, 0.1) is 0 Å². The van der Waals surface area contributed by atoms with E-state index in [1.807, 2.05) is 12.5 Å². The lowest BCUT2D eigenvalue weighted by molar-refractivity contribution is 0.330. The number of hydrogen-bond donors (Lipinski definition) is 1. The molecular formula is C16H21N3. The molecule has 1 fully saturated rings. The minimum Gasteiger partial charge on any atom is -0.329 e. The van der Waals surface area contributed by atoms with Gasteiger partial charge in [0, 0.05) is 24.8 Å². The van der Waals surface area contributed by atoms with Crippen molar-refractivity contribution in [2.75, 3.05) is 0 Å². The highest BCUT2D eigenvalue weighted by molar-refractivity contribution is 5.17. The predicted molar refractivity (Wildman–Crippen MR) is 77.0 cm³/mol. The highest BCUT2D eigenvalue weighted by atomic mass is 15.1. The largest absolute Gasteiger partial charge is 0.329 e. The minimum absolute atomic E-state index is 0.454. The van der Waals surface area contributed by atoms with Gasteiger partial charge in [-0.1, -0.05) is 30.3 Å². The normalized spacial score (nSPS) is 23.4. The monoisotopic (exact) mass is 255 g/mol. The van der Waals surface area contributed by atoms with Crippen LogP contribution in [-0.2, 0) is 6.54 Å². The fourth-order valence-corrected chi connectivity index (χ4v) is 2.90. The van der Waals surface area contributed by atoms with Gasteiger partial charge in [0.2, 0.25) is 0 Å². The van der Waals surface area contributed by atoms with Crippen LogP contribution in [0.2, 0.25) is 0 Å². The lowest BCUT2D eigenvalue weighted by Gasteiger charge is -2.29. The number of benzene rings is 1. The summed E-state index contributed by atoms with van der Waals surface area (Å²) in [6.07, 6.45) is 7.76. The molecule has 1 aromatic carbocycles. The number of hydrogen-bond acceptors (Lipinski definition) is 2. The zero-order valence-electron chi connectivity index (χ0n) is 11.4. The summed E-state index contributed by atoms with van der Waals surface area (Å²) in [5.41, 5.74) is 2.64. The van der Waals surface area contributed by atoms with E-state index in [1.54, 1.807) is 0 Å². The van der Waals surface area contributed by atoms with Gasteiger partial charge in [-0.25, -0.2) is 4.98 Å². The van der Waals surface area contributed by atoms with E-state index in [2.05, 4.69) is 52.1 Å². The van der Waals surface area contributed by atoms with Gasteiger partial charge in [0.15, 0.2) is 0 Å². The molecule has 19 heavy (non-hydrogen) atoms. The first kappa shape index (κ1) is 12.4. The number of rotatable bonds is 3. The zero-order valence-corrected chi connectivity index (χ0v) is 11.4. The Morgan fingerprint density at radius 2 is 2.11 bits per heavy atom. The Morgan fingerprint density at radius 3 is 2.89 bits per heavy atom. The molecule has 1 N–H and O–H groups in total. The van der Waals surface area contributed by atoms with Gasteiger partial charge in [-0.15, -0.1) is 0 Å². The van der Waals surface area contributed by atoms with Crippen LogP contribution >= 0.6 is 0 Å². The zero-order chi connectivity index (χ0) is 13.1. The molecule has 3 rings (SSSR count). The molecule has 1 aromatic heterocycles. The summed E-state index contributed by atoms with van der Waals surface area (Å²) in [6, 6.07) is 11.6. The number of piperidine rings is 1. The second-order valence-electron chi connectivity index (χ2n) is 5.48. The van der Waals surface area contributed by atoms with Gasteiger partial charge in [0.1, 0.15) is 0 Å². The van der Waals surface area contributed by atoms with Gasteiger partial charge in [-0.05, 0) is 31.7 Å². The first-order chi connectivity index (χ1) is 9.33. The number of nitrogens with zero attached hydrogens (tertiary/aromatic N) is 2. The van der Waals surface area contributed by atoms with Crippen molar-refractivity contribution in [2.45, 2.75) is 44.8 Å². The summed E-state index contributed by atoms with van der Waals surface area (Å²) < 4.78 is 2.27. The van der Waals surface area contributed by atoms with E-state index >= 15 is 0 Å². The molecule has 2 unspecified atom stereocenters. The second kappa shape index (κ2) is 5.57. The van der Waals surface area contributed by atoms with Crippen LogP contribution in [0.4, 0.5) is 0 Å². The van der Waals surface area contributed by atoms with E-state index in [0.29, 0.717) is 12.1 Å². The van der Waals surface area contributed by atoms with Crippen molar-refractivity contribution in [1.29, 1.82) is 0 Å². The topological polar surface area (TPSA) is 29.9 Å². The average molecular weight is 255 g/mol. The standard InChI is InChI=1S/C16H21N3/c1-13-6-5-9-15(18-13)16-10-17-12-19(16)11-14-7-3-2-4-8-14/h2-4,7-8,10,12-13,15,18H,5-6,9,11H2,1H3. The summed E-state index contributed by atoms with van der Waals surface area (Å²) in [6.45, 7) is 3.17.